The summed E-state index contributed by atoms with van der Waals surface area (Å²) in [6.45, 7) is 0.605. The van der Waals surface area contributed by atoms with E-state index in [-0.39, 0.29) is 11.5 Å². The molecule has 0 unspecified atom stereocenters. The Hall–Kier alpha value is 0.0500. The number of benzene rings is 1. The van der Waals surface area contributed by atoms with E-state index in [9.17, 15) is 8.42 Å². The summed E-state index contributed by atoms with van der Waals surface area (Å²) in [5, 5.41) is 8.63. The number of aliphatic hydroxyl groups is 1. The number of hydrogen-bond acceptors (Lipinski definition) is 3. The Kier molecular flexibility index (Phi) is 7.53. The van der Waals surface area contributed by atoms with E-state index in [2.05, 4.69) is 36.6 Å². The second kappa shape index (κ2) is 8.36. The molecule has 4 nitrogen and oxygen atoms in total. The Morgan fingerprint density at radius 1 is 1.11 bits per heavy atom. The summed E-state index contributed by atoms with van der Waals surface area (Å²) in [7, 11) is -3.47. The average molecular weight is 415 g/mol. The smallest absolute Gasteiger partial charge is 0.241 e. The van der Waals surface area contributed by atoms with Crippen molar-refractivity contribution in [3.8, 4) is 0 Å². The zero-order valence-corrected chi connectivity index (χ0v) is 14.4. The molecule has 1 aromatic rings. The van der Waals surface area contributed by atoms with Crippen molar-refractivity contribution in [2.24, 2.45) is 0 Å². The van der Waals surface area contributed by atoms with E-state index in [4.69, 9.17) is 5.11 Å². The number of nitrogens with one attached hydrogen (secondary N) is 1. The molecule has 7 heteroatoms. The van der Waals surface area contributed by atoms with Crippen molar-refractivity contribution in [3.05, 3.63) is 27.1 Å². The van der Waals surface area contributed by atoms with E-state index < -0.39 is 10.0 Å². The van der Waals surface area contributed by atoms with E-state index >= 15 is 0 Å². The number of hydrogen-bond donors (Lipinski definition) is 2. The molecule has 0 saturated heterocycles. The zero-order valence-electron chi connectivity index (χ0n) is 10.4. The first kappa shape index (κ1) is 17.1. The van der Waals surface area contributed by atoms with Crippen LogP contribution in [-0.4, -0.2) is 26.7 Å². The van der Waals surface area contributed by atoms with Gasteiger partial charge in [0.2, 0.25) is 10.0 Å². The van der Waals surface area contributed by atoms with Crippen molar-refractivity contribution >= 4 is 41.9 Å². The van der Waals surface area contributed by atoms with Gasteiger partial charge in [-0.15, -0.1) is 0 Å². The summed E-state index contributed by atoms with van der Waals surface area (Å²) in [5.74, 6) is 0. The van der Waals surface area contributed by atoms with Gasteiger partial charge in [0, 0.05) is 22.1 Å². The summed E-state index contributed by atoms with van der Waals surface area (Å²) in [5.41, 5.74) is 0. The summed E-state index contributed by atoms with van der Waals surface area (Å²) in [6.07, 6.45) is 3.36. The van der Waals surface area contributed by atoms with E-state index in [0.29, 0.717) is 11.0 Å². The number of halogens is 2. The van der Waals surface area contributed by atoms with Crippen LogP contribution < -0.4 is 4.72 Å². The van der Waals surface area contributed by atoms with Crippen LogP contribution in [0.2, 0.25) is 0 Å². The van der Waals surface area contributed by atoms with Crippen molar-refractivity contribution in [2.45, 2.75) is 30.6 Å². The van der Waals surface area contributed by atoms with Gasteiger partial charge >= 0.3 is 0 Å². The monoisotopic (exact) mass is 413 g/mol. The topological polar surface area (TPSA) is 66.4 Å². The molecular weight excluding hydrogens is 398 g/mol. The fourth-order valence-electron chi connectivity index (χ4n) is 1.57. The highest BCUT2D eigenvalue weighted by molar-refractivity contribution is 9.11. The first-order chi connectivity index (χ1) is 8.97. The molecule has 1 rings (SSSR count). The van der Waals surface area contributed by atoms with Crippen LogP contribution >= 0.6 is 31.9 Å². The van der Waals surface area contributed by atoms with Gasteiger partial charge in [-0.25, -0.2) is 13.1 Å². The van der Waals surface area contributed by atoms with Gasteiger partial charge in [-0.1, -0.05) is 28.8 Å². The van der Waals surface area contributed by atoms with Crippen molar-refractivity contribution in [1.82, 2.24) is 4.72 Å². The highest BCUT2D eigenvalue weighted by Crippen LogP contribution is 2.25. The predicted molar refractivity (Wildman–Crippen MR) is 82.6 cm³/mol. The average Bonchev–Trinajstić information content (AvgIpc) is 2.33. The predicted octanol–water partition coefficient (Wildman–Crippen LogP) is 3.04. The molecular formula is C12H17Br2NO3S. The van der Waals surface area contributed by atoms with E-state index in [0.717, 1.165) is 30.2 Å². The van der Waals surface area contributed by atoms with E-state index in [1.54, 1.807) is 18.2 Å². The fraction of sp³-hybridized carbons (Fsp3) is 0.500. The molecule has 0 heterocycles. The van der Waals surface area contributed by atoms with Gasteiger partial charge in [0.05, 0.1) is 4.90 Å². The molecule has 0 atom stereocenters. The SMILES string of the molecule is O=S(=O)(NCCCCCCO)c1ccc(Br)cc1Br. The minimum Gasteiger partial charge on any atom is -0.396 e. The van der Waals surface area contributed by atoms with Gasteiger partial charge in [-0.2, -0.15) is 0 Å². The quantitative estimate of drug-likeness (QED) is 0.642. The highest BCUT2D eigenvalue weighted by atomic mass is 79.9. The summed E-state index contributed by atoms with van der Waals surface area (Å²) >= 11 is 6.53. The Bertz CT molecular complexity index is 506. The minimum atomic E-state index is -3.47. The standard InChI is InChI=1S/C12H17Br2NO3S/c13-10-5-6-12(11(14)9-10)19(17,18)15-7-3-1-2-4-8-16/h5-6,9,15-16H,1-4,7-8H2. The van der Waals surface area contributed by atoms with Gasteiger partial charge in [0.25, 0.3) is 0 Å². The van der Waals surface area contributed by atoms with Crippen molar-refractivity contribution in [1.29, 1.82) is 0 Å². The van der Waals surface area contributed by atoms with Gasteiger partial charge in [0.1, 0.15) is 0 Å². The number of aliphatic hydroxyl groups excluding tert-OH is 1. The van der Waals surface area contributed by atoms with Crippen LogP contribution in [0.3, 0.4) is 0 Å². The van der Waals surface area contributed by atoms with Crippen molar-refractivity contribution in [3.63, 3.8) is 0 Å². The van der Waals surface area contributed by atoms with Crippen LogP contribution in [0.15, 0.2) is 32.0 Å². The summed E-state index contributed by atoms with van der Waals surface area (Å²) in [4.78, 5) is 0.242. The number of sulfonamides is 1. The molecule has 1 aromatic carbocycles. The molecule has 0 radical (unpaired) electrons. The van der Waals surface area contributed by atoms with Crippen LogP contribution in [0.4, 0.5) is 0 Å². The van der Waals surface area contributed by atoms with Gasteiger partial charge in [0.15, 0.2) is 0 Å². The Morgan fingerprint density at radius 3 is 2.42 bits per heavy atom. The lowest BCUT2D eigenvalue weighted by atomic mass is 10.2. The maximum absolute atomic E-state index is 12.1. The number of rotatable bonds is 8. The lowest BCUT2D eigenvalue weighted by Crippen LogP contribution is -2.25. The number of unbranched alkanes of at least 4 members (excludes halogenated alkanes) is 3. The molecule has 0 amide bonds. The maximum atomic E-state index is 12.1. The van der Waals surface area contributed by atoms with Gasteiger partial charge in [-0.3, -0.25) is 0 Å². The molecule has 0 fully saturated rings. The third-order valence-corrected chi connectivity index (χ3v) is 5.49. The summed E-state index contributed by atoms with van der Waals surface area (Å²) in [6, 6.07) is 4.96. The lowest BCUT2D eigenvalue weighted by Gasteiger charge is -2.08. The third-order valence-electron chi connectivity index (χ3n) is 2.56. The van der Waals surface area contributed by atoms with Crippen LogP contribution in [0.5, 0.6) is 0 Å². The first-order valence-corrected chi connectivity index (χ1v) is 9.10. The molecule has 108 valence electrons. The largest absolute Gasteiger partial charge is 0.396 e. The van der Waals surface area contributed by atoms with Gasteiger partial charge < -0.3 is 5.11 Å². The molecule has 0 aliphatic rings. The second-order valence-electron chi connectivity index (χ2n) is 4.11. The first-order valence-electron chi connectivity index (χ1n) is 6.03. The Balaban J connectivity index is 2.52. The van der Waals surface area contributed by atoms with Crippen molar-refractivity contribution < 1.29 is 13.5 Å². The second-order valence-corrected chi connectivity index (χ2v) is 7.62. The highest BCUT2D eigenvalue weighted by Gasteiger charge is 2.16. The van der Waals surface area contributed by atoms with Crippen LogP contribution in [-0.2, 0) is 10.0 Å². The van der Waals surface area contributed by atoms with E-state index in [1.807, 2.05) is 0 Å². The van der Waals surface area contributed by atoms with Crippen LogP contribution in [0.1, 0.15) is 25.7 Å². The Labute approximate surface area is 130 Å². The normalized spacial score (nSPS) is 11.7. The molecule has 19 heavy (non-hydrogen) atoms. The Morgan fingerprint density at radius 2 is 1.79 bits per heavy atom. The van der Waals surface area contributed by atoms with E-state index in [1.165, 1.54) is 0 Å². The molecule has 0 saturated carbocycles. The van der Waals surface area contributed by atoms with Gasteiger partial charge in [-0.05, 0) is 47.0 Å². The maximum Gasteiger partial charge on any atom is 0.241 e. The molecule has 2 N–H and O–H groups in total. The zero-order chi connectivity index (χ0) is 14.3. The van der Waals surface area contributed by atoms with Crippen molar-refractivity contribution in [2.75, 3.05) is 13.2 Å². The van der Waals surface area contributed by atoms with Crippen LogP contribution in [0.25, 0.3) is 0 Å². The molecule has 0 aliphatic heterocycles. The lowest BCUT2D eigenvalue weighted by molar-refractivity contribution is 0.282. The third kappa shape index (κ3) is 5.91. The molecule has 0 aliphatic carbocycles. The summed E-state index contributed by atoms with van der Waals surface area (Å²) < 4.78 is 28.0. The molecule has 0 spiro atoms. The molecule has 0 aromatic heterocycles. The van der Waals surface area contributed by atoms with Crippen LogP contribution in [0, 0.1) is 0 Å². The fourth-order valence-corrected chi connectivity index (χ4v) is 4.39. The molecule has 0 bridgehead atoms. The minimum absolute atomic E-state index is 0.192.